The van der Waals surface area contributed by atoms with E-state index in [2.05, 4.69) is 5.32 Å². The third-order valence-corrected chi connectivity index (χ3v) is 5.38. The Hall–Kier alpha value is -3.15. The van der Waals surface area contributed by atoms with Gasteiger partial charge < -0.3 is 4.90 Å². The molecule has 0 saturated carbocycles. The van der Waals surface area contributed by atoms with E-state index in [1.807, 2.05) is 50.1 Å². The standard InChI is InChI=1S/C21H21N3O3/c1-13-5-4-6-16(10-13)24-19(26)21(18(25)22-20(24)27)11-15-9-14(2)7-8-17(15)23(3)12-21/h4-10H,11-12H2,1-3H3,(H,22,25,27)/t21-/m1/s1. The molecule has 138 valence electrons. The molecule has 6 nitrogen and oxygen atoms in total. The SMILES string of the molecule is Cc1cccc(N2C(=O)NC(=O)[C@]3(Cc4cc(C)ccc4N(C)C3)C2=O)c1. The van der Waals surface area contributed by atoms with Gasteiger partial charge in [0, 0.05) is 19.3 Å². The van der Waals surface area contributed by atoms with Crippen molar-refractivity contribution in [1.82, 2.24) is 5.32 Å². The van der Waals surface area contributed by atoms with Crippen LogP contribution in [0.4, 0.5) is 16.2 Å². The van der Waals surface area contributed by atoms with E-state index >= 15 is 0 Å². The third kappa shape index (κ3) is 2.60. The molecule has 4 rings (SSSR count). The molecule has 2 aliphatic heterocycles. The number of nitrogens with zero attached hydrogens (tertiary/aromatic N) is 2. The molecular weight excluding hydrogens is 342 g/mol. The van der Waals surface area contributed by atoms with Gasteiger partial charge in [0.15, 0.2) is 5.41 Å². The molecule has 0 aromatic heterocycles. The van der Waals surface area contributed by atoms with Crippen LogP contribution in [0.5, 0.6) is 0 Å². The van der Waals surface area contributed by atoms with Gasteiger partial charge in [0.25, 0.3) is 5.91 Å². The smallest absolute Gasteiger partial charge is 0.335 e. The molecule has 2 aromatic rings. The maximum Gasteiger partial charge on any atom is 0.335 e. The van der Waals surface area contributed by atoms with E-state index in [4.69, 9.17) is 0 Å². The van der Waals surface area contributed by atoms with Gasteiger partial charge in [0.1, 0.15) is 0 Å². The molecular formula is C21H21N3O3. The second-order valence-electron chi connectivity index (χ2n) is 7.49. The zero-order valence-corrected chi connectivity index (χ0v) is 15.6. The van der Waals surface area contributed by atoms with Gasteiger partial charge >= 0.3 is 6.03 Å². The molecule has 0 radical (unpaired) electrons. The van der Waals surface area contributed by atoms with Crippen molar-refractivity contribution >= 4 is 29.2 Å². The van der Waals surface area contributed by atoms with E-state index < -0.39 is 23.3 Å². The Kier molecular flexibility index (Phi) is 3.80. The Labute approximate surface area is 157 Å². The van der Waals surface area contributed by atoms with Crippen LogP contribution in [0.3, 0.4) is 0 Å². The van der Waals surface area contributed by atoms with Gasteiger partial charge in [0.2, 0.25) is 5.91 Å². The molecule has 1 fully saturated rings. The highest BCUT2D eigenvalue weighted by Crippen LogP contribution is 2.40. The first-order valence-corrected chi connectivity index (χ1v) is 8.89. The molecule has 0 aliphatic carbocycles. The normalized spacial score (nSPS) is 22.1. The van der Waals surface area contributed by atoms with Crippen LogP contribution in [0.1, 0.15) is 16.7 Å². The average molecular weight is 363 g/mol. The van der Waals surface area contributed by atoms with E-state index in [1.54, 1.807) is 18.2 Å². The number of nitrogens with one attached hydrogen (secondary N) is 1. The third-order valence-electron chi connectivity index (χ3n) is 5.38. The van der Waals surface area contributed by atoms with E-state index in [0.717, 1.165) is 27.3 Å². The summed E-state index contributed by atoms with van der Waals surface area (Å²) in [5.74, 6) is -0.999. The van der Waals surface area contributed by atoms with Gasteiger partial charge in [0.05, 0.1) is 5.69 Å². The first-order chi connectivity index (χ1) is 12.8. The number of rotatable bonds is 1. The zero-order chi connectivity index (χ0) is 19.3. The minimum atomic E-state index is -1.33. The van der Waals surface area contributed by atoms with Gasteiger partial charge in [-0.25, -0.2) is 9.69 Å². The van der Waals surface area contributed by atoms with Crippen molar-refractivity contribution in [2.24, 2.45) is 5.41 Å². The molecule has 6 heteroatoms. The van der Waals surface area contributed by atoms with Crippen molar-refractivity contribution < 1.29 is 14.4 Å². The maximum atomic E-state index is 13.5. The number of hydrogen-bond donors (Lipinski definition) is 1. The molecule has 2 heterocycles. The molecule has 0 bridgehead atoms. The van der Waals surface area contributed by atoms with E-state index in [9.17, 15) is 14.4 Å². The van der Waals surface area contributed by atoms with Gasteiger partial charge in [-0.15, -0.1) is 0 Å². The topological polar surface area (TPSA) is 69.7 Å². The van der Waals surface area contributed by atoms with Crippen molar-refractivity contribution in [1.29, 1.82) is 0 Å². The lowest BCUT2D eigenvalue weighted by Crippen LogP contribution is -2.68. The molecule has 2 aromatic carbocycles. The second-order valence-corrected chi connectivity index (χ2v) is 7.49. The number of barbiturate groups is 1. The molecule has 1 saturated heterocycles. The lowest BCUT2D eigenvalue weighted by atomic mass is 9.74. The van der Waals surface area contributed by atoms with Gasteiger partial charge in [-0.3, -0.25) is 14.9 Å². The highest BCUT2D eigenvalue weighted by Gasteiger charge is 2.56. The van der Waals surface area contributed by atoms with Crippen LogP contribution in [0.15, 0.2) is 42.5 Å². The second kappa shape index (κ2) is 5.94. The monoisotopic (exact) mass is 363 g/mol. The molecule has 1 atom stereocenters. The van der Waals surface area contributed by atoms with Crippen molar-refractivity contribution in [2.45, 2.75) is 20.3 Å². The van der Waals surface area contributed by atoms with E-state index in [1.165, 1.54) is 0 Å². The lowest BCUT2D eigenvalue weighted by Gasteiger charge is -2.45. The van der Waals surface area contributed by atoms with Crippen molar-refractivity contribution in [3.05, 3.63) is 59.2 Å². The molecule has 4 amide bonds. The number of carbonyl (C=O) groups is 3. The maximum absolute atomic E-state index is 13.5. The lowest BCUT2D eigenvalue weighted by molar-refractivity contribution is -0.142. The van der Waals surface area contributed by atoms with E-state index in [-0.39, 0.29) is 13.0 Å². The van der Waals surface area contributed by atoms with Crippen molar-refractivity contribution in [3.8, 4) is 0 Å². The van der Waals surface area contributed by atoms with Crippen LogP contribution in [-0.2, 0) is 16.0 Å². The number of aryl methyl sites for hydroxylation is 2. The fourth-order valence-electron chi connectivity index (χ4n) is 4.07. The number of carbonyl (C=O) groups excluding carboxylic acids is 3. The van der Waals surface area contributed by atoms with Crippen LogP contribution >= 0.6 is 0 Å². The largest absolute Gasteiger partial charge is 0.373 e. The van der Waals surface area contributed by atoms with Crippen LogP contribution < -0.4 is 15.1 Å². The zero-order valence-electron chi connectivity index (χ0n) is 15.6. The number of imide groups is 2. The van der Waals surface area contributed by atoms with Gasteiger partial charge in [-0.1, -0.05) is 29.8 Å². The summed E-state index contributed by atoms with van der Waals surface area (Å²) in [5.41, 5.74) is 3.08. The summed E-state index contributed by atoms with van der Waals surface area (Å²) in [7, 11) is 1.86. The Morgan fingerprint density at radius 1 is 1.00 bits per heavy atom. The summed E-state index contributed by atoms with van der Waals surface area (Å²) in [5, 5.41) is 2.40. The Balaban J connectivity index is 1.81. The van der Waals surface area contributed by atoms with Gasteiger partial charge in [-0.2, -0.15) is 0 Å². The Bertz CT molecular complexity index is 984. The quantitative estimate of drug-likeness (QED) is 0.791. The summed E-state index contributed by atoms with van der Waals surface area (Å²) in [6.07, 6.45) is 0.272. The first-order valence-electron chi connectivity index (χ1n) is 8.89. The first kappa shape index (κ1) is 17.3. The van der Waals surface area contributed by atoms with Gasteiger partial charge in [-0.05, 0) is 49.6 Å². The van der Waals surface area contributed by atoms with Crippen LogP contribution in [0.25, 0.3) is 0 Å². The fourth-order valence-corrected chi connectivity index (χ4v) is 4.07. The minimum absolute atomic E-state index is 0.226. The number of benzene rings is 2. The average Bonchev–Trinajstić information content (AvgIpc) is 2.60. The summed E-state index contributed by atoms with van der Waals surface area (Å²) < 4.78 is 0. The highest BCUT2D eigenvalue weighted by molar-refractivity contribution is 6.30. The Morgan fingerprint density at radius 2 is 1.74 bits per heavy atom. The molecule has 2 aliphatic rings. The minimum Gasteiger partial charge on any atom is -0.373 e. The van der Waals surface area contributed by atoms with E-state index in [0.29, 0.717) is 5.69 Å². The van der Waals surface area contributed by atoms with Crippen LogP contribution in [0, 0.1) is 19.3 Å². The fraction of sp³-hybridized carbons (Fsp3) is 0.286. The van der Waals surface area contributed by atoms with Crippen molar-refractivity contribution in [3.63, 3.8) is 0 Å². The summed E-state index contributed by atoms with van der Waals surface area (Å²) in [6, 6.07) is 12.5. The summed E-state index contributed by atoms with van der Waals surface area (Å²) in [6.45, 7) is 4.10. The molecule has 1 spiro atoms. The predicted molar refractivity (Wildman–Crippen MR) is 103 cm³/mol. The summed E-state index contributed by atoms with van der Waals surface area (Å²) >= 11 is 0. The molecule has 0 unspecified atom stereocenters. The Morgan fingerprint density at radius 3 is 2.48 bits per heavy atom. The molecule has 27 heavy (non-hydrogen) atoms. The number of fused-ring (bicyclic) bond motifs is 1. The number of amides is 4. The van der Waals surface area contributed by atoms with Crippen LogP contribution in [-0.4, -0.2) is 31.4 Å². The van der Waals surface area contributed by atoms with Crippen LogP contribution in [0.2, 0.25) is 0 Å². The number of urea groups is 1. The summed E-state index contributed by atoms with van der Waals surface area (Å²) in [4.78, 5) is 41.9. The predicted octanol–water partition coefficient (Wildman–Crippen LogP) is 2.57. The number of hydrogen-bond acceptors (Lipinski definition) is 4. The number of anilines is 2. The molecule has 1 N–H and O–H groups in total. The highest BCUT2D eigenvalue weighted by atomic mass is 16.2. The van der Waals surface area contributed by atoms with Crippen molar-refractivity contribution in [2.75, 3.05) is 23.4 Å².